The van der Waals surface area contributed by atoms with E-state index < -0.39 is 0 Å². The zero-order valence-corrected chi connectivity index (χ0v) is 13.0. The fraction of sp³-hybridized carbons (Fsp3) is 0.588. The maximum Gasteiger partial charge on any atom is 0.265 e. The Hall–Kier alpha value is -1.39. The first-order valence-electron chi connectivity index (χ1n) is 8.05. The van der Waals surface area contributed by atoms with Gasteiger partial charge < -0.3 is 0 Å². The van der Waals surface area contributed by atoms with Crippen LogP contribution in [-0.4, -0.2) is 23.9 Å². The molecule has 1 aromatic carbocycles. The molecule has 1 unspecified atom stereocenters. The highest BCUT2D eigenvalue weighted by Crippen LogP contribution is 2.22. The lowest BCUT2D eigenvalue weighted by Gasteiger charge is -2.20. The number of likely N-dealkylation sites (tertiary alicyclic amines) is 1. The number of amides is 1. The van der Waals surface area contributed by atoms with E-state index in [2.05, 4.69) is 17.2 Å². The molecule has 1 heterocycles. The Labute approximate surface area is 127 Å². The second kappa shape index (κ2) is 8.15. The van der Waals surface area contributed by atoms with Crippen LogP contribution in [0, 0.1) is 5.92 Å². The van der Waals surface area contributed by atoms with Gasteiger partial charge in [-0.05, 0) is 56.0 Å². The predicted molar refractivity (Wildman–Crippen MR) is 85.6 cm³/mol. The molecule has 1 saturated heterocycles. The number of hydrazine groups is 1. The van der Waals surface area contributed by atoms with E-state index in [1.807, 2.05) is 24.3 Å². The number of rotatable bonds is 5. The van der Waals surface area contributed by atoms with Crippen molar-refractivity contribution in [2.45, 2.75) is 45.6 Å². The first kappa shape index (κ1) is 16.0. The van der Waals surface area contributed by atoms with Gasteiger partial charge in [0.05, 0.1) is 0 Å². The number of nitrogens with two attached hydrogens (primary N) is 1. The maximum absolute atomic E-state index is 11.4. The molecule has 1 aliphatic rings. The number of carbonyl (C=O) groups is 1. The van der Waals surface area contributed by atoms with E-state index in [1.54, 1.807) is 0 Å². The van der Waals surface area contributed by atoms with E-state index >= 15 is 0 Å². The summed E-state index contributed by atoms with van der Waals surface area (Å²) in [7, 11) is 0. The van der Waals surface area contributed by atoms with Crippen molar-refractivity contribution in [3.8, 4) is 0 Å². The highest BCUT2D eigenvalue weighted by molar-refractivity contribution is 5.93. The molecule has 1 atom stereocenters. The van der Waals surface area contributed by atoms with Crippen LogP contribution >= 0.6 is 0 Å². The van der Waals surface area contributed by atoms with E-state index in [0.717, 1.165) is 12.5 Å². The molecule has 0 saturated carbocycles. The van der Waals surface area contributed by atoms with Crippen molar-refractivity contribution in [3.63, 3.8) is 0 Å². The number of hydrogen-bond acceptors (Lipinski definition) is 3. The SMILES string of the molecule is CCCC1CCCN(Cc2ccc(C(=O)NN)cc2)CC1. The Bertz CT molecular complexity index is 444. The average molecular weight is 289 g/mol. The molecule has 4 nitrogen and oxygen atoms in total. The summed E-state index contributed by atoms with van der Waals surface area (Å²) in [5, 5.41) is 0. The van der Waals surface area contributed by atoms with Gasteiger partial charge >= 0.3 is 0 Å². The van der Waals surface area contributed by atoms with E-state index in [9.17, 15) is 4.79 Å². The van der Waals surface area contributed by atoms with Gasteiger partial charge in [-0.25, -0.2) is 5.84 Å². The first-order chi connectivity index (χ1) is 10.2. The van der Waals surface area contributed by atoms with Gasteiger partial charge in [-0.2, -0.15) is 0 Å². The van der Waals surface area contributed by atoms with Crippen molar-refractivity contribution in [2.75, 3.05) is 13.1 Å². The monoisotopic (exact) mass is 289 g/mol. The van der Waals surface area contributed by atoms with Gasteiger partial charge in [0.25, 0.3) is 5.91 Å². The minimum atomic E-state index is -0.237. The lowest BCUT2D eigenvalue weighted by molar-refractivity contribution is 0.0953. The molecule has 0 radical (unpaired) electrons. The topological polar surface area (TPSA) is 58.4 Å². The second-order valence-corrected chi connectivity index (χ2v) is 6.03. The number of nitrogens with zero attached hydrogens (tertiary/aromatic N) is 1. The van der Waals surface area contributed by atoms with Crippen molar-refractivity contribution in [1.82, 2.24) is 10.3 Å². The molecule has 3 N–H and O–H groups in total. The lowest BCUT2D eigenvalue weighted by atomic mass is 9.96. The summed E-state index contributed by atoms with van der Waals surface area (Å²) < 4.78 is 0. The molecule has 0 aromatic heterocycles. The largest absolute Gasteiger partial charge is 0.299 e. The van der Waals surface area contributed by atoms with Crippen molar-refractivity contribution in [3.05, 3.63) is 35.4 Å². The average Bonchev–Trinajstić information content (AvgIpc) is 2.73. The standard InChI is InChI=1S/C17H27N3O/c1-2-4-14-5-3-11-20(12-10-14)13-15-6-8-16(9-7-15)17(21)19-18/h6-9,14H,2-5,10-13,18H2,1H3,(H,19,21). The van der Waals surface area contributed by atoms with Crippen molar-refractivity contribution < 1.29 is 4.79 Å². The van der Waals surface area contributed by atoms with Gasteiger partial charge in [0.15, 0.2) is 0 Å². The van der Waals surface area contributed by atoms with Gasteiger partial charge in [-0.15, -0.1) is 0 Å². The fourth-order valence-corrected chi connectivity index (χ4v) is 3.18. The smallest absolute Gasteiger partial charge is 0.265 e. The van der Waals surface area contributed by atoms with Crippen LogP contribution in [0.4, 0.5) is 0 Å². The highest BCUT2D eigenvalue weighted by Gasteiger charge is 2.16. The second-order valence-electron chi connectivity index (χ2n) is 6.03. The van der Waals surface area contributed by atoms with Crippen LogP contribution in [0.2, 0.25) is 0 Å². The molecule has 2 rings (SSSR count). The minimum Gasteiger partial charge on any atom is -0.299 e. The number of nitrogens with one attached hydrogen (secondary N) is 1. The van der Waals surface area contributed by atoms with E-state index in [4.69, 9.17) is 5.84 Å². The number of nitrogen functional groups attached to an aromatic ring is 1. The van der Waals surface area contributed by atoms with Crippen LogP contribution in [0.25, 0.3) is 0 Å². The summed E-state index contributed by atoms with van der Waals surface area (Å²) in [5.74, 6) is 5.81. The molecule has 0 bridgehead atoms. The summed E-state index contributed by atoms with van der Waals surface area (Å²) in [6.07, 6.45) is 6.67. The van der Waals surface area contributed by atoms with Crippen LogP contribution < -0.4 is 11.3 Å². The summed E-state index contributed by atoms with van der Waals surface area (Å²) in [5.41, 5.74) is 4.03. The number of hydrogen-bond donors (Lipinski definition) is 2. The van der Waals surface area contributed by atoms with Crippen LogP contribution in [0.1, 0.15) is 54.9 Å². The Morgan fingerprint density at radius 2 is 2.05 bits per heavy atom. The Kier molecular flexibility index (Phi) is 6.21. The maximum atomic E-state index is 11.4. The van der Waals surface area contributed by atoms with Crippen LogP contribution in [0.5, 0.6) is 0 Å². The molecular formula is C17H27N3O. The van der Waals surface area contributed by atoms with Crippen molar-refractivity contribution in [2.24, 2.45) is 11.8 Å². The van der Waals surface area contributed by atoms with E-state index in [1.165, 1.54) is 50.8 Å². The summed E-state index contributed by atoms with van der Waals surface area (Å²) >= 11 is 0. The van der Waals surface area contributed by atoms with Gasteiger partial charge in [-0.3, -0.25) is 15.1 Å². The van der Waals surface area contributed by atoms with Crippen molar-refractivity contribution in [1.29, 1.82) is 0 Å². The Morgan fingerprint density at radius 1 is 1.29 bits per heavy atom. The zero-order valence-electron chi connectivity index (χ0n) is 13.0. The zero-order chi connectivity index (χ0) is 15.1. The molecule has 116 valence electrons. The quantitative estimate of drug-likeness (QED) is 0.498. The van der Waals surface area contributed by atoms with Crippen molar-refractivity contribution >= 4 is 5.91 Å². The molecule has 4 heteroatoms. The van der Waals surface area contributed by atoms with Gasteiger partial charge in [0, 0.05) is 12.1 Å². The van der Waals surface area contributed by atoms with Gasteiger partial charge in [0.1, 0.15) is 0 Å². The molecule has 1 aromatic rings. The minimum absolute atomic E-state index is 0.237. The normalized spacial score (nSPS) is 20.0. The molecule has 1 fully saturated rings. The van der Waals surface area contributed by atoms with Crippen LogP contribution in [-0.2, 0) is 6.54 Å². The molecular weight excluding hydrogens is 262 g/mol. The number of benzene rings is 1. The van der Waals surface area contributed by atoms with Crippen LogP contribution in [0.15, 0.2) is 24.3 Å². The number of carbonyl (C=O) groups excluding carboxylic acids is 1. The third-order valence-electron chi connectivity index (χ3n) is 4.39. The fourth-order valence-electron chi connectivity index (χ4n) is 3.18. The predicted octanol–water partition coefficient (Wildman–Crippen LogP) is 2.69. The molecule has 21 heavy (non-hydrogen) atoms. The molecule has 1 amide bonds. The molecule has 0 spiro atoms. The lowest BCUT2D eigenvalue weighted by Crippen LogP contribution is -2.30. The third kappa shape index (κ3) is 4.83. The molecule has 1 aliphatic heterocycles. The highest BCUT2D eigenvalue weighted by atomic mass is 16.2. The first-order valence-corrected chi connectivity index (χ1v) is 8.05. The third-order valence-corrected chi connectivity index (χ3v) is 4.39. The van der Waals surface area contributed by atoms with Crippen LogP contribution in [0.3, 0.4) is 0 Å². The summed E-state index contributed by atoms with van der Waals surface area (Å²) in [4.78, 5) is 13.9. The Balaban J connectivity index is 1.88. The van der Waals surface area contributed by atoms with E-state index in [0.29, 0.717) is 5.56 Å². The summed E-state index contributed by atoms with van der Waals surface area (Å²) in [6.45, 7) is 5.63. The Morgan fingerprint density at radius 3 is 2.71 bits per heavy atom. The molecule has 0 aliphatic carbocycles. The van der Waals surface area contributed by atoms with E-state index in [-0.39, 0.29) is 5.91 Å². The van der Waals surface area contributed by atoms with Gasteiger partial charge in [0.2, 0.25) is 0 Å². The van der Waals surface area contributed by atoms with Gasteiger partial charge in [-0.1, -0.05) is 31.9 Å². The summed E-state index contributed by atoms with van der Waals surface area (Å²) in [6, 6.07) is 7.74.